The molecule has 122 valence electrons. The Morgan fingerprint density at radius 2 is 1.74 bits per heavy atom. The number of benzene rings is 2. The first-order chi connectivity index (χ1) is 11.3. The number of rotatable bonds is 9. The molecular formula is C19H23NO2S. The monoisotopic (exact) mass is 329 g/mol. The Bertz CT molecular complexity index is 574. The molecule has 0 heterocycles. The van der Waals surface area contributed by atoms with Crippen molar-refractivity contribution >= 4 is 17.7 Å². The Hall–Kier alpha value is -1.78. The van der Waals surface area contributed by atoms with E-state index in [2.05, 4.69) is 5.32 Å². The molecule has 0 aliphatic carbocycles. The number of hydrogen-bond donors (Lipinski definition) is 1. The van der Waals surface area contributed by atoms with Gasteiger partial charge in [-0.25, -0.2) is 0 Å². The zero-order valence-electron chi connectivity index (χ0n) is 13.4. The highest BCUT2D eigenvalue weighted by molar-refractivity contribution is 8.00. The molecule has 1 unspecified atom stereocenters. The van der Waals surface area contributed by atoms with Crippen LogP contribution in [0.2, 0.25) is 0 Å². The summed E-state index contributed by atoms with van der Waals surface area (Å²) in [4.78, 5) is 13.7. The molecule has 23 heavy (non-hydrogen) atoms. The van der Waals surface area contributed by atoms with Crippen molar-refractivity contribution < 1.29 is 9.53 Å². The standard InChI is InChI=1S/C19H23NO2S/c1-2-22-15-9-14-20-19(21)18(16-10-5-3-6-11-16)23-17-12-7-4-8-13-17/h3-8,10-13,18H,2,9,14-15H2,1H3,(H,20,21). The van der Waals surface area contributed by atoms with Crippen LogP contribution in [-0.2, 0) is 9.53 Å². The molecule has 0 aliphatic heterocycles. The van der Waals surface area contributed by atoms with Crippen molar-refractivity contribution in [1.29, 1.82) is 0 Å². The molecule has 0 aromatic heterocycles. The Morgan fingerprint density at radius 1 is 1.09 bits per heavy atom. The number of thioether (sulfide) groups is 1. The number of carbonyl (C=O) groups is 1. The lowest BCUT2D eigenvalue weighted by Gasteiger charge is -2.17. The number of amides is 1. The van der Waals surface area contributed by atoms with E-state index in [1.165, 1.54) is 0 Å². The van der Waals surface area contributed by atoms with Gasteiger partial charge in [-0.3, -0.25) is 4.79 Å². The molecule has 0 bridgehead atoms. The number of nitrogens with one attached hydrogen (secondary N) is 1. The summed E-state index contributed by atoms with van der Waals surface area (Å²) < 4.78 is 5.30. The van der Waals surface area contributed by atoms with Gasteiger partial charge in [-0.2, -0.15) is 0 Å². The first-order valence-electron chi connectivity index (χ1n) is 7.93. The quantitative estimate of drug-likeness (QED) is 0.557. The van der Waals surface area contributed by atoms with Crippen LogP contribution in [0.5, 0.6) is 0 Å². The fourth-order valence-corrected chi connectivity index (χ4v) is 3.23. The van der Waals surface area contributed by atoms with Crippen molar-refractivity contribution in [2.45, 2.75) is 23.5 Å². The highest BCUT2D eigenvalue weighted by Gasteiger charge is 2.21. The minimum absolute atomic E-state index is 0.0431. The van der Waals surface area contributed by atoms with Crippen molar-refractivity contribution in [3.05, 3.63) is 66.2 Å². The summed E-state index contributed by atoms with van der Waals surface area (Å²) >= 11 is 1.57. The SMILES string of the molecule is CCOCCCNC(=O)C(Sc1ccccc1)c1ccccc1. The van der Waals surface area contributed by atoms with Crippen molar-refractivity contribution in [3.63, 3.8) is 0 Å². The topological polar surface area (TPSA) is 38.3 Å². The molecule has 3 nitrogen and oxygen atoms in total. The van der Waals surface area contributed by atoms with Crippen LogP contribution in [-0.4, -0.2) is 25.7 Å². The van der Waals surface area contributed by atoms with Crippen LogP contribution in [0.3, 0.4) is 0 Å². The lowest BCUT2D eigenvalue weighted by Crippen LogP contribution is -2.29. The van der Waals surface area contributed by atoms with E-state index in [-0.39, 0.29) is 11.2 Å². The predicted octanol–water partition coefficient (Wildman–Crippen LogP) is 4.06. The molecular weight excluding hydrogens is 306 g/mol. The van der Waals surface area contributed by atoms with Gasteiger partial charge in [-0.1, -0.05) is 48.5 Å². The molecule has 0 spiro atoms. The fourth-order valence-electron chi connectivity index (χ4n) is 2.16. The van der Waals surface area contributed by atoms with Crippen LogP contribution in [0.1, 0.15) is 24.2 Å². The molecule has 0 saturated heterocycles. The van der Waals surface area contributed by atoms with E-state index in [0.717, 1.165) is 16.9 Å². The van der Waals surface area contributed by atoms with E-state index in [0.29, 0.717) is 19.8 Å². The molecule has 0 aliphatic rings. The van der Waals surface area contributed by atoms with E-state index >= 15 is 0 Å². The predicted molar refractivity (Wildman–Crippen MR) is 95.6 cm³/mol. The van der Waals surface area contributed by atoms with Gasteiger partial charge in [-0.05, 0) is 31.0 Å². The van der Waals surface area contributed by atoms with Crippen molar-refractivity contribution in [1.82, 2.24) is 5.32 Å². The lowest BCUT2D eigenvalue weighted by atomic mass is 10.1. The second-order valence-corrected chi connectivity index (χ2v) is 6.24. The van der Waals surface area contributed by atoms with Crippen LogP contribution >= 0.6 is 11.8 Å². The van der Waals surface area contributed by atoms with Crippen LogP contribution < -0.4 is 5.32 Å². The molecule has 1 N–H and O–H groups in total. The maximum atomic E-state index is 12.6. The Kier molecular flexibility index (Phi) is 7.70. The van der Waals surface area contributed by atoms with Gasteiger partial charge in [0, 0.05) is 24.7 Å². The van der Waals surface area contributed by atoms with Gasteiger partial charge in [-0.15, -0.1) is 11.8 Å². The molecule has 1 amide bonds. The maximum Gasteiger partial charge on any atom is 0.237 e. The van der Waals surface area contributed by atoms with Crippen LogP contribution in [0.4, 0.5) is 0 Å². The molecule has 0 radical (unpaired) electrons. The van der Waals surface area contributed by atoms with Crippen LogP contribution in [0.15, 0.2) is 65.6 Å². The Morgan fingerprint density at radius 3 is 2.39 bits per heavy atom. The van der Waals surface area contributed by atoms with Gasteiger partial charge in [0.25, 0.3) is 0 Å². The second kappa shape index (κ2) is 10.1. The Labute approximate surface area is 142 Å². The van der Waals surface area contributed by atoms with Gasteiger partial charge in [0.2, 0.25) is 5.91 Å². The number of ether oxygens (including phenoxy) is 1. The van der Waals surface area contributed by atoms with Gasteiger partial charge in [0.05, 0.1) is 0 Å². The summed E-state index contributed by atoms with van der Waals surface area (Å²) in [5, 5.41) is 2.78. The first kappa shape index (κ1) is 17.6. The molecule has 2 aromatic rings. The molecule has 0 fully saturated rings. The summed E-state index contributed by atoms with van der Waals surface area (Å²) in [6.45, 7) is 4.00. The summed E-state index contributed by atoms with van der Waals surface area (Å²) in [5.41, 5.74) is 1.02. The number of hydrogen-bond acceptors (Lipinski definition) is 3. The minimum Gasteiger partial charge on any atom is -0.382 e. The molecule has 0 saturated carbocycles. The lowest BCUT2D eigenvalue weighted by molar-refractivity contribution is -0.120. The second-order valence-electron chi connectivity index (χ2n) is 5.06. The zero-order chi connectivity index (χ0) is 16.3. The molecule has 2 rings (SSSR count). The van der Waals surface area contributed by atoms with E-state index in [1.807, 2.05) is 67.6 Å². The largest absolute Gasteiger partial charge is 0.382 e. The zero-order valence-corrected chi connectivity index (χ0v) is 14.2. The summed E-state index contributed by atoms with van der Waals surface area (Å²) in [5.74, 6) is 0.0431. The van der Waals surface area contributed by atoms with Gasteiger partial charge < -0.3 is 10.1 Å². The minimum atomic E-state index is -0.245. The summed E-state index contributed by atoms with van der Waals surface area (Å²) in [6.07, 6.45) is 0.830. The van der Waals surface area contributed by atoms with Crippen LogP contribution in [0, 0.1) is 0 Å². The van der Waals surface area contributed by atoms with Gasteiger partial charge in [0.1, 0.15) is 5.25 Å². The normalized spacial score (nSPS) is 11.9. The third kappa shape index (κ3) is 6.08. The third-order valence-electron chi connectivity index (χ3n) is 3.31. The van der Waals surface area contributed by atoms with Gasteiger partial charge in [0.15, 0.2) is 0 Å². The summed E-state index contributed by atoms with van der Waals surface area (Å²) in [6, 6.07) is 19.9. The first-order valence-corrected chi connectivity index (χ1v) is 8.81. The van der Waals surface area contributed by atoms with E-state index in [4.69, 9.17) is 4.74 Å². The van der Waals surface area contributed by atoms with E-state index in [9.17, 15) is 4.79 Å². The highest BCUT2D eigenvalue weighted by atomic mass is 32.2. The Balaban J connectivity index is 2.00. The molecule has 4 heteroatoms. The summed E-state index contributed by atoms with van der Waals surface area (Å²) in [7, 11) is 0. The molecule has 1 atom stereocenters. The van der Waals surface area contributed by atoms with Gasteiger partial charge >= 0.3 is 0 Å². The highest BCUT2D eigenvalue weighted by Crippen LogP contribution is 2.35. The van der Waals surface area contributed by atoms with Crippen molar-refractivity contribution in [2.24, 2.45) is 0 Å². The van der Waals surface area contributed by atoms with Crippen LogP contribution in [0.25, 0.3) is 0 Å². The fraction of sp³-hybridized carbons (Fsp3) is 0.316. The maximum absolute atomic E-state index is 12.6. The van der Waals surface area contributed by atoms with Crippen molar-refractivity contribution in [3.8, 4) is 0 Å². The molecule has 2 aromatic carbocycles. The smallest absolute Gasteiger partial charge is 0.237 e. The third-order valence-corrected chi connectivity index (χ3v) is 4.57. The van der Waals surface area contributed by atoms with Crippen molar-refractivity contribution in [2.75, 3.05) is 19.8 Å². The van der Waals surface area contributed by atoms with E-state index in [1.54, 1.807) is 11.8 Å². The average molecular weight is 329 g/mol. The van der Waals surface area contributed by atoms with E-state index < -0.39 is 0 Å². The number of carbonyl (C=O) groups excluding carboxylic acids is 1. The average Bonchev–Trinajstić information content (AvgIpc) is 2.61.